The lowest BCUT2D eigenvalue weighted by molar-refractivity contribution is -0.286. The number of aromatic nitrogens is 1. The first-order chi connectivity index (χ1) is 17.3. The van der Waals surface area contributed by atoms with Gasteiger partial charge in [-0.3, -0.25) is 9.78 Å². The number of fused-ring (bicyclic) bond motifs is 1. The molecule has 0 atom stereocenters. The number of pyridine rings is 1. The highest BCUT2D eigenvalue weighted by atomic mass is 19.4. The molecule has 3 aromatic rings. The normalized spacial score (nSPS) is 16.9. The third-order valence-corrected chi connectivity index (χ3v) is 6.26. The number of rotatable bonds is 6. The summed E-state index contributed by atoms with van der Waals surface area (Å²) in [5, 5.41) is 9.16. The fourth-order valence-electron chi connectivity index (χ4n) is 4.33. The van der Waals surface area contributed by atoms with Gasteiger partial charge in [-0.2, -0.15) is 13.2 Å². The van der Waals surface area contributed by atoms with Gasteiger partial charge in [-0.05, 0) is 60.9 Å². The summed E-state index contributed by atoms with van der Waals surface area (Å²) in [6.07, 6.45) is -8.38. The van der Waals surface area contributed by atoms with Gasteiger partial charge >= 0.3 is 18.4 Å². The molecule has 0 amide bonds. The monoisotopic (exact) mass is 525 g/mol. The van der Waals surface area contributed by atoms with Crippen LogP contribution in [0.2, 0.25) is 0 Å². The zero-order valence-corrected chi connectivity index (χ0v) is 18.5. The minimum atomic E-state index is -4.90. The van der Waals surface area contributed by atoms with E-state index in [1.54, 1.807) is 0 Å². The molecule has 2 aliphatic rings. The van der Waals surface area contributed by atoms with Gasteiger partial charge in [0.25, 0.3) is 0 Å². The number of alkyl halides is 5. The van der Waals surface area contributed by atoms with Gasteiger partial charge in [-0.25, -0.2) is 9.18 Å². The number of carbonyl (C=O) groups excluding carboxylic acids is 1. The van der Waals surface area contributed by atoms with Gasteiger partial charge in [-0.15, -0.1) is 8.78 Å². The zero-order valence-electron chi connectivity index (χ0n) is 18.5. The molecule has 194 valence electrons. The second kappa shape index (κ2) is 8.22. The highest BCUT2D eigenvalue weighted by Crippen LogP contribution is 2.52. The van der Waals surface area contributed by atoms with E-state index >= 15 is 0 Å². The largest absolute Gasteiger partial charge is 0.586 e. The first kappa shape index (κ1) is 24.6. The van der Waals surface area contributed by atoms with Crippen LogP contribution in [0.3, 0.4) is 0 Å². The fraction of sp³-hybridized carbons (Fsp3) is 0.240. The summed E-state index contributed by atoms with van der Waals surface area (Å²) >= 11 is 0. The Morgan fingerprint density at radius 2 is 1.70 bits per heavy atom. The van der Waals surface area contributed by atoms with Crippen molar-refractivity contribution in [2.45, 2.75) is 37.1 Å². The van der Waals surface area contributed by atoms with E-state index in [2.05, 4.69) is 14.5 Å². The van der Waals surface area contributed by atoms with Gasteiger partial charge < -0.3 is 14.6 Å². The van der Waals surface area contributed by atoms with Crippen LogP contribution in [0.15, 0.2) is 48.5 Å². The molecule has 1 aliphatic carbocycles. The molecule has 1 aliphatic heterocycles. The van der Waals surface area contributed by atoms with Crippen molar-refractivity contribution in [3.8, 4) is 22.8 Å². The number of carboxylic acid groups (broad SMARTS) is 1. The number of halogens is 6. The van der Waals surface area contributed by atoms with E-state index in [0.717, 1.165) is 18.2 Å². The fourth-order valence-corrected chi connectivity index (χ4v) is 4.33. The highest BCUT2D eigenvalue weighted by Gasteiger charge is 2.52. The molecule has 37 heavy (non-hydrogen) atoms. The molecule has 0 unspecified atom stereocenters. The van der Waals surface area contributed by atoms with Crippen molar-refractivity contribution in [3.05, 3.63) is 76.7 Å². The van der Waals surface area contributed by atoms with Gasteiger partial charge in [0.15, 0.2) is 11.5 Å². The SMILES string of the molecule is O=C(O)c1cc(F)cc(-c2nc(CC(=O)C3(c4ccc5c(c4)OC(F)(F)O5)CC3)ccc2C(F)(F)F)c1.[HH]. The molecule has 6 nitrogen and oxygen atoms in total. The van der Waals surface area contributed by atoms with Crippen molar-refractivity contribution in [2.24, 2.45) is 0 Å². The van der Waals surface area contributed by atoms with Crippen LogP contribution in [0.1, 0.15) is 41.4 Å². The van der Waals surface area contributed by atoms with Crippen molar-refractivity contribution >= 4 is 11.8 Å². The number of hydrogen-bond acceptors (Lipinski definition) is 5. The molecular formula is C25H17F6NO5. The summed E-state index contributed by atoms with van der Waals surface area (Å²) in [5.74, 6) is -3.46. The van der Waals surface area contributed by atoms with Crippen molar-refractivity contribution in [3.63, 3.8) is 0 Å². The second-order valence-corrected chi connectivity index (χ2v) is 8.74. The molecular weight excluding hydrogens is 508 g/mol. The molecule has 0 saturated heterocycles. The van der Waals surface area contributed by atoms with Crippen molar-refractivity contribution in [1.82, 2.24) is 4.98 Å². The summed E-state index contributed by atoms with van der Waals surface area (Å²) < 4.78 is 90.6. The Labute approximate surface area is 205 Å². The predicted molar refractivity (Wildman–Crippen MR) is 116 cm³/mol. The van der Waals surface area contributed by atoms with E-state index in [1.165, 1.54) is 18.2 Å². The zero-order chi connectivity index (χ0) is 26.8. The average Bonchev–Trinajstić information content (AvgIpc) is 3.55. The number of benzene rings is 2. The van der Waals surface area contributed by atoms with Gasteiger partial charge in [-0.1, -0.05) is 6.07 Å². The van der Waals surface area contributed by atoms with Gasteiger partial charge in [0, 0.05) is 19.1 Å². The van der Waals surface area contributed by atoms with Crippen LogP contribution < -0.4 is 9.47 Å². The van der Waals surface area contributed by atoms with Crippen molar-refractivity contribution < 1.29 is 51.9 Å². The first-order valence-electron chi connectivity index (χ1n) is 10.8. The lowest BCUT2D eigenvalue weighted by Gasteiger charge is -2.17. The third-order valence-electron chi connectivity index (χ3n) is 6.26. The Morgan fingerprint density at radius 1 is 1.00 bits per heavy atom. The average molecular weight is 525 g/mol. The Balaban J connectivity index is 0.00000336. The molecule has 2 aromatic carbocycles. The van der Waals surface area contributed by atoms with E-state index in [4.69, 9.17) is 5.11 Å². The number of nitrogens with zero attached hydrogens (tertiary/aromatic N) is 1. The van der Waals surface area contributed by atoms with Crippen LogP contribution in [0.5, 0.6) is 11.5 Å². The van der Waals surface area contributed by atoms with Crippen LogP contribution in [-0.4, -0.2) is 28.1 Å². The van der Waals surface area contributed by atoms with Crippen LogP contribution >= 0.6 is 0 Å². The van der Waals surface area contributed by atoms with Gasteiger partial charge in [0.05, 0.1) is 22.2 Å². The van der Waals surface area contributed by atoms with E-state index in [-0.39, 0.29) is 18.6 Å². The smallest absolute Gasteiger partial charge is 0.478 e. The molecule has 1 N–H and O–H groups in total. The van der Waals surface area contributed by atoms with Gasteiger partial charge in [0.2, 0.25) is 0 Å². The number of Topliss-reactive ketones (excluding diaryl/α,β-unsaturated/α-hetero) is 1. The molecule has 1 fully saturated rings. The summed E-state index contributed by atoms with van der Waals surface area (Å²) in [4.78, 5) is 28.5. The minimum Gasteiger partial charge on any atom is -0.478 e. The minimum absolute atomic E-state index is 0. The third kappa shape index (κ3) is 4.58. The number of carboxylic acids is 1. The van der Waals surface area contributed by atoms with Gasteiger partial charge in [0.1, 0.15) is 11.6 Å². The number of ketones is 1. The van der Waals surface area contributed by atoms with E-state index in [0.29, 0.717) is 30.5 Å². The molecule has 0 bridgehead atoms. The topological polar surface area (TPSA) is 85.7 Å². The molecule has 5 rings (SSSR count). The molecule has 1 aromatic heterocycles. The van der Waals surface area contributed by atoms with Crippen LogP contribution in [0, 0.1) is 5.82 Å². The Hall–Kier alpha value is -4.09. The summed E-state index contributed by atoms with van der Waals surface area (Å²) in [6.45, 7) is 0. The van der Waals surface area contributed by atoms with Crippen LogP contribution in [-0.2, 0) is 22.8 Å². The van der Waals surface area contributed by atoms with Crippen LogP contribution in [0.25, 0.3) is 11.3 Å². The Morgan fingerprint density at radius 3 is 2.35 bits per heavy atom. The molecule has 2 heterocycles. The Bertz CT molecular complexity index is 1450. The van der Waals surface area contributed by atoms with Crippen LogP contribution in [0.4, 0.5) is 26.3 Å². The summed E-state index contributed by atoms with van der Waals surface area (Å²) in [6, 6.07) is 7.91. The van der Waals surface area contributed by atoms with E-state index in [9.17, 15) is 35.9 Å². The van der Waals surface area contributed by atoms with Crippen molar-refractivity contribution in [1.29, 1.82) is 0 Å². The molecule has 0 radical (unpaired) electrons. The van der Waals surface area contributed by atoms with E-state index < -0.39 is 64.3 Å². The lowest BCUT2D eigenvalue weighted by Crippen LogP contribution is -2.26. The molecule has 12 heteroatoms. The maximum absolute atomic E-state index is 14.0. The second-order valence-electron chi connectivity index (χ2n) is 8.74. The lowest BCUT2D eigenvalue weighted by atomic mass is 9.88. The standard InChI is InChI=1S/C25H15F6NO5.H2/c26-15-8-12(7-13(9-15)22(34)35)21-17(24(27,28)29)3-2-16(32-21)11-20(33)23(5-6-23)14-1-4-18-19(10-14)37-25(30,31)36-18;/h1-4,7-10H,5-6,11H2,(H,34,35);1H. The first-order valence-corrected chi connectivity index (χ1v) is 10.8. The summed E-state index contributed by atoms with van der Waals surface area (Å²) in [5.41, 5.74) is -3.68. The predicted octanol–water partition coefficient (Wildman–Crippen LogP) is 6.02. The highest BCUT2D eigenvalue weighted by molar-refractivity contribution is 5.94. The number of ether oxygens (including phenoxy) is 2. The number of carbonyl (C=O) groups is 2. The number of hydrogen-bond donors (Lipinski definition) is 1. The maximum Gasteiger partial charge on any atom is 0.586 e. The molecule has 0 spiro atoms. The van der Waals surface area contributed by atoms with E-state index in [1.807, 2.05) is 0 Å². The maximum atomic E-state index is 14.0. The summed E-state index contributed by atoms with van der Waals surface area (Å²) in [7, 11) is 0. The van der Waals surface area contributed by atoms with Crippen molar-refractivity contribution in [2.75, 3.05) is 0 Å². The molecule has 1 saturated carbocycles. The quantitative estimate of drug-likeness (QED) is 0.397. The number of aromatic carboxylic acids is 1. The Kier molecular flexibility index (Phi) is 5.46.